The van der Waals surface area contributed by atoms with E-state index >= 15 is 0 Å². The summed E-state index contributed by atoms with van der Waals surface area (Å²) in [6.07, 6.45) is 14.1. The SMILES string of the molecule is CCC=CC1C=CC=C1. The van der Waals surface area contributed by atoms with Crippen molar-refractivity contribution in [2.24, 2.45) is 5.92 Å². The van der Waals surface area contributed by atoms with Crippen molar-refractivity contribution in [3.05, 3.63) is 36.5 Å². The van der Waals surface area contributed by atoms with Crippen molar-refractivity contribution in [2.75, 3.05) is 0 Å². The van der Waals surface area contributed by atoms with Gasteiger partial charge >= 0.3 is 0 Å². The molecular weight excluding hydrogens is 108 g/mol. The second kappa shape index (κ2) is 3.29. The molecule has 9 heavy (non-hydrogen) atoms. The summed E-state index contributed by atoms with van der Waals surface area (Å²) in [5.41, 5.74) is 0. The molecule has 0 saturated carbocycles. The minimum absolute atomic E-state index is 0.574. The van der Waals surface area contributed by atoms with E-state index in [4.69, 9.17) is 0 Å². The smallest absolute Gasteiger partial charge is 0.0133 e. The van der Waals surface area contributed by atoms with Gasteiger partial charge in [0.1, 0.15) is 0 Å². The molecule has 0 aromatic heterocycles. The molecule has 0 N–H and O–H groups in total. The van der Waals surface area contributed by atoms with Gasteiger partial charge in [0.05, 0.1) is 0 Å². The minimum Gasteiger partial charge on any atom is -0.0879 e. The molecule has 0 saturated heterocycles. The van der Waals surface area contributed by atoms with Crippen molar-refractivity contribution in [2.45, 2.75) is 13.3 Å². The summed E-state index contributed by atoms with van der Waals surface area (Å²) in [7, 11) is 0. The van der Waals surface area contributed by atoms with Gasteiger partial charge in [0.15, 0.2) is 0 Å². The average Bonchev–Trinajstić information content (AvgIpc) is 2.34. The molecule has 0 heterocycles. The third kappa shape index (κ3) is 1.88. The highest BCUT2D eigenvalue weighted by atomic mass is 14.0. The topological polar surface area (TPSA) is 0 Å². The Bertz CT molecular complexity index is 137. The van der Waals surface area contributed by atoms with Crippen molar-refractivity contribution in [1.29, 1.82) is 0 Å². The monoisotopic (exact) mass is 120 g/mol. The lowest BCUT2D eigenvalue weighted by Crippen LogP contribution is -1.78. The molecule has 0 aliphatic heterocycles. The Morgan fingerprint density at radius 1 is 1.33 bits per heavy atom. The van der Waals surface area contributed by atoms with Crippen LogP contribution in [0.2, 0.25) is 0 Å². The molecule has 0 nitrogen and oxygen atoms in total. The van der Waals surface area contributed by atoms with Crippen molar-refractivity contribution in [3.8, 4) is 0 Å². The molecule has 48 valence electrons. The van der Waals surface area contributed by atoms with Gasteiger partial charge in [-0.05, 0) is 6.42 Å². The van der Waals surface area contributed by atoms with Gasteiger partial charge in [0, 0.05) is 5.92 Å². The minimum atomic E-state index is 0.574. The fraction of sp³-hybridized carbons (Fsp3) is 0.333. The second-order valence-corrected chi connectivity index (χ2v) is 2.18. The number of allylic oxidation sites excluding steroid dienone is 6. The zero-order chi connectivity index (χ0) is 6.53. The van der Waals surface area contributed by atoms with E-state index < -0.39 is 0 Å². The summed E-state index contributed by atoms with van der Waals surface area (Å²) in [5, 5.41) is 0. The Balaban J connectivity index is 2.36. The van der Waals surface area contributed by atoms with Gasteiger partial charge in [-0.3, -0.25) is 0 Å². The molecule has 0 radical (unpaired) electrons. The van der Waals surface area contributed by atoms with Crippen LogP contribution in [0.5, 0.6) is 0 Å². The first-order chi connectivity index (χ1) is 4.43. The highest BCUT2D eigenvalue weighted by Crippen LogP contribution is 2.09. The predicted octanol–water partition coefficient (Wildman–Crippen LogP) is 2.69. The van der Waals surface area contributed by atoms with Crippen molar-refractivity contribution in [3.63, 3.8) is 0 Å². The molecule has 1 rings (SSSR count). The van der Waals surface area contributed by atoms with E-state index in [1.165, 1.54) is 0 Å². The van der Waals surface area contributed by atoms with E-state index in [1.54, 1.807) is 0 Å². The maximum atomic E-state index is 2.22. The van der Waals surface area contributed by atoms with Crippen LogP contribution in [0.3, 0.4) is 0 Å². The maximum Gasteiger partial charge on any atom is 0.0133 e. The molecular formula is C9H12. The molecule has 0 atom stereocenters. The van der Waals surface area contributed by atoms with Gasteiger partial charge in [-0.25, -0.2) is 0 Å². The van der Waals surface area contributed by atoms with Crippen LogP contribution in [-0.2, 0) is 0 Å². The van der Waals surface area contributed by atoms with Gasteiger partial charge < -0.3 is 0 Å². The van der Waals surface area contributed by atoms with Gasteiger partial charge in [-0.2, -0.15) is 0 Å². The first kappa shape index (κ1) is 6.34. The largest absolute Gasteiger partial charge is 0.0879 e. The quantitative estimate of drug-likeness (QED) is 0.491. The number of hydrogen-bond acceptors (Lipinski definition) is 0. The lowest BCUT2D eigenvalue weighted by atomic mass is 10.1. The van der Waals surface area contributed by atoms with E-state index in [-0.39, 0.29) is 0 Å². The number of rotatable bonds is 2. The van der Waals surface area contributed by atoms with Gasteiger partial charge in [0.2, 0.25) is 0 Å². The van der Waals surface area contributed by atoms with Crippen LogP contribution < -0.4 is 0 Å². The van der Waals surface area contributed by atoms with Gasteiger partial charge in [-0.1, -0.05) is 43.4 Å². The van der Waals surface area contributed by atoms with E-state index in [0.717, 1.165) is 6.42 Å². The normalized spacial score (nSPS) is 18.3. The summed E-state index contributed by atoms with van der Waals surface area (Å²) in [4.78, 5) is 0. The van der Waals surface area contributed by atoms with Crippen molar-refractivity contribution < 1.29 is 0 Å². The van der Waals surface area contributed by atoms with Crippen LogP contribution in [0.4, 0.5) is 0 Å². The standard InChI is InChI=1S/C9H12/c1-2-3-6-9-7-4-5-8-9/h3-9H,2H2,1H3. The zero-order valence-electron chi connectivity index (χ0n) is 5.75. The summed E-state index contributed by atoms with van der Waals surface area (Å²) < 4.78 is 0. The van der Waals surface area contributed by atoms with Crippen LogP contribution in [-0.4, -0.2) is 0 Å². The average molecular weight is 120 g/mol. The molecule has 0 aromatic rings. The molecule has 0 spiro atoms. The third-order valence-corrected chi connectivity index (χ3v) is 1.37. The Labute approximate surface area is 56.6 Å². The molecule has 0 unspecified atom stereocenters. The third-order valence-electron chi connectivity index (χ3n) is 1.37. The lowest BCUT2D eigenvalue weighted by molar-refractivity contribution is 1.06. The van der Waals surface area contributed by atoms with Crippen LogP contribution in [0, 0.1) is 5.92 Å². The molecule has 1 aliphatic rings. The molecule has 0 amide bonds. The zero-order valence-corrected chi connectivity index (χ0v) is 5.75. The van der Waals surface area contributed by atoms with E-state index in [0.29, 0.717) is 5.92 Å². The summed E-state index contributed by atoms with van der Waals surface area (Å²) in [6.45, 7) is 2.15. The van der Waals surface area contributed by atoms with Crippen LogP contribution >= 0.6 is 0 Å². The van der Waals surface area contributed by atoms with Crippen LogP contribution in [0.1, 0.15) is 13.3 Å². The van der Waals surface area contributed by atoms with E-state index in [2.05, 4.69) is 43.4 Å². The molecule has 0 aromatic carbocycles. The first-order valence-corrected chi connectivity index (χ1v) is 3.45. The Morgan fingerprint density at radius 3 is 2.56 bits per heavy atom. The molecule has 0 heteroatoms. The fourth-order valence-corrected chi connectivity index (χ4v) is 0.871. The highest BCUT2D eigenvalue weighted by Gasteiger charge is 1.94. The molecule has 1 aliphatic carbocycles. The molecule has 0 bridgehead atoms. The lowest BCUT2D eigenvalue weighted by Gasteiger charge is -1.91. The fourth-order valence-electron chi connectivity index (χ4n) is 0.871. The van der Waals surface area contributed by atoms with Crippen LogP contribution in [0.15, 0.2) is 36.5 Å². The van der Waals surface area contributed by atoms with E-state index in [1.807, 2.05) is 0 Å². The summed E-state index contributed by atoms with van der Waals surface area (Å²) in [6, 6.07) is 0. The number of hydrogen-bond donors (Lipinski definition) is 0. The van der Waals surface area contributed by atoms with Crippen molar-refractivity contribution >= 4 is 0 Å². The van der Waals surface area contributed by atoms with Crippen LogP contribution in [0.25, 0.3) is 0 Å². The second-order valence-electron chi connectivity index (χ2n) is 2.18. The Hall–Kier alpha value is -0.780. The predicted molar refractivity (Wildman–Crippen MR) is 41.2 cm³/mol. The Morgan fingerprint density at radius 2 is 2.00 bits per heavy atom. The van der Waals surface area contributed by atoms with E-state index in [9.17, 15) is 0 Å². The molecule has 0 fully saturated rings. The summed E-state index contributed by atoms with van der Waals surface area (Å²) >= 11 is 0. The van der Waals surface area contributed by atoms with Gasteiger partial charge in [0.25, 0.3) is 0 Å². The maximum absolute atomic E-state index is 2.22. The highest BCUT2D eigenvalue weighted by molar-refractivity contribution is 5.22. The first-order valence-electron chi connectivity index (χ1n) is 3.45. The Kier molecular flexibility index (Phi) is 2.32. The summed E-state index contributed by atoms with van der Waals surface area (Å²) in [5.74, 6) is 0.574. The van der Waals surface area contributed by atoms with Crippen molar-refractivity contribution in [1.82, 2.24) is 0 Å². The van der Waals surface area contributed by atoms with Gasteiger partial charge in [-0.15, -0.1) is 0 Å².